The molecule has 0 aliphatic carbocycles. The highest BCUT2D eigenvalue weighted by molar-refractivity contribution is 6.09. The van der Waals surface area contributed by atoms with Gasteiger partial charge in [0, 0.05) is 6.54 Å². The minimum absolute atomic E-state index is 0.247. The van der Waals surface area contributed by atoms with E-state index in [1.54, 1.807) is 0 Å². The van der Waals surface area contributed by atoms with Crippen molar-refractivity contribution in [1.82, 2.24) is 10.6 Å². The van der Waals surface area contributed by atoms with Crippen LogP contribution < -0.4 is 10.6 Å². The summed E-state index contributed by atoms with van der Waals surface area (Å²) < 4.78 is 27.6. The molecule has 2 N–H and O–H groups in total. The average molecular weight is 267 g/mol. The highest BCUT2D eigenvalue weighted by Crippen LogP contribution is 2.29. The van der Waals surface area contributed by atoms with Gasteiger partial charge in [-0.05, 0) is 25.5 Å². The number of carbonyl (C=O) groups is 1. The van der Waals surface area contributed by atoms with Gasteiger partial charge >= 0.3 is 0 Å². The van der Waals surface area contributed by atoms with E-state index in [0.717, 1.165) is 18.6 Å². The zero-order valence-electron chi connectivity index (χ0n) is 10.8. The predicted molar refractivity (Wildman–Crippen MR) is 67.6 cm³/mol. The average Bonchev–Trinajstić information content (AvgIpc) is 2.63. The van der Waals surface area contributed by atoms with Crippen molar-refractivity contribution in [3.05, 3.63) is 35.4 Å². The van der Waals surface area contributed by atoms with Crippen LogP contribution in [0.5, 0.6) is 0 Å². The van der Waals surface area contributed by atoms with E-state index in [0.29, 0.717) is 6.54 Å². The topological polar surface area (TPSA) is 53.5 Å². The molecule has 4 nitrogen and oxygen atoms in total. The summed E-state index contributed by atoms with van der Waals surface area (Å²) in [7, 11) is 0. The molecular formula is C13H15F2N3O. The smallest absolute Gasteiger partial charge is 0.257 e. The molecule has 0 saturated carbocycles. The van der Waals surface area contributed by atoms with Gasteiger partial charge in [-0.1, -0.05) is 13.0 Å². The monoisotopic (exact) mass is 267 g/mol. The van der Waals surface area contributed by atoms with Crippen LogP contribution in [0.4, 0.5) is 8.78 Å². The highest BCUT2D eigenvalue weighted by Gasteiger charge is 2.45. The number of nitrogens with zero attached hydrogens (tertiary/aromatic N) is 1. The summed E-state index contributed by atoms with van der Waals surface area (Å²) in [4.78, 5) is 16.1. The Morgan fingerprint density at radius 3 is 2.53 bits per heavy atom. The van der Waals surface area contributed by atoms with Gasteiger partial charge in [0.1, 0.15) is 17.2 Å². The molecule has 1 aliphatic heterocycles. The van der Waals surface area contributed by atoms with Crippen molar-refractivity contribution < 1.29 is 13.6 Å². The summed E-state index contributed by atoms with van der Waals surface area (Å²) in [5.41, 5.74) is -1.78. The van der Waals surface area contributed by atoms with Crippen LogP contribution in [-0.4, -0.2) is 18.4 Å². The van der Waals surface area contributed by atoms with E-state index in [2.05, 4.69) is 15.6 Å². The van der Waals surface area contributed by atoms with Crippen LogP contribution in [0, 0.1) is 11.6 Å². The van der Waals surface area contributed by atoms with E-state index >= 15 is 0 Å². The second-order valence-corrected chi connectivity index (χ2v) is 4.53. The third-order valence-corrected chi connectivity index (χ3v) is 3.01. The number of hydrogen-bond acceptors (Lipinski definition) is 2. The Bertz CT molecular complexity index is 524. The van der Waals surface area contributed by atoms with Gasteiger partial charge < -0.3 is 5.32 Å². The first-order chi connectivity index (χ1) is 8.99. The van der Waals surface area contributed by atoms with Crippen LogP contribution in [0.2, 0.25) is 0 Å². The van der Waals surface area contributed by atoms with Crippen molar-refractivity contribution in [2.24, 2.45) is 4.99 Å². The Labute approximate surface area is 109 Å². The minimum Gasteiger partial charge on any atom is -0.338 e. The number of amides is 1. The summed E-state index contributed by atoms with van der Waals surface area (Å²) in [6.07, 6.45) is 0.811. The van der Waals surface area contributed by atoms with Gasteiger partial charge in [-0.25, -0.2) is 8.78 Å². The Morgan fingerprint density at radius 1 is 1.32 bits per heavy atom. The van der Waals surface area contributed by atoms with Gasteiger partial charge in [-0.2, -0.15) is 0 Å². The van der Waals surface area contributed by atoms with Gasteiger partial charge in [0.15, 0.2) is 5.96 Å². The molecule has 1 aromatic carbocycles. The van der Waals surface area contributed by atoms with E-state index in [9.17, 15) is 13.6 Å². The molecule has 0 bridgehead atoms. The van der Waals surface area contributed by atoms with E-state index in [1.807, 2.05) is 6.92 Å². The number of guanidine groups is 1. The standard InChI is InChI=1S/C13H15F2N3O/c1-3-7-16-12-17-11(19)13(2,18-12)10-8(14)5-4-6-9(10)15/h4-6H,3,7H2,1-2H3,(H2,16,17,18,19). The molecule has 1 unspecified atom stereocenters. The third kappa shape index (κ3) is 2.30. The fourth-order valence-electron chi connectivity index (χ4n) is 2.01. The van der Waals surface area contributed by atoms with Crippen molar-refractivity contribution in [2.75, 3.05) is 6.54 Å². The maximum absolute atomic E-state index is 13.8. The molecule has 1 amide bonds. The number of rotatable bonds is 3. The van der Waals surface area contributed by atoms with E-state index in [1.165, 1.54) is 13.0 Å². The normalized spacial score (nSPS) is 24.4. The Morgan fingerprint density at radius 2 is 1.95 bits per heavy atom. The summed E-state index contributed by atoms with van der Waals surface area (Å²) in [6, 6.07) is 3.51. The molecule has 1 atom stereocenters. The summed E-state index contributed by atoms with van der Waals surface area (Å²) in [6.45, 7) is 3.90. The second kappa shape index (κ2) is 4.95. The first-order valence-corrected chi connectivity index (χ1v) is 6.07. The molecule has 2 rings (SSSR count). The molecule has 1 aliphatic rings. The van der Waals surface area contributed by atoms with Crippen molar-refractivity contribution in [2.45, 2.75) is 25.8 Å². The fraction of sp³-hybridized carbons (Fsp3) is 0.385. The number of carbonyl (C=O) groups excluding carboxylic acids is 1. The Kier molecular flexibility index (Phi) is 3.50. The predicted octanol–water partition coefficient (Wildman–Crippen LogP) is 1.67. The lowest BCUT2D eigenvalue weighted by atomic mass is 9.91. The number of nitrogens with one attached hydrogen (secondary N) is 2. The first-order valence-electron chi connectivity index (χ1n) is 6.07. The SMILES string of the molecule is CCCN=C1NC(=O)C(C)(c2c(F)cccc2F)N1. The lowest BCUT2D eigenvalue weighted by Gasteiger charge is -2.22. The number of aliphatic imine (C=N–C) groups is 1. The molecule has 0 radical (unpaired) electrons. The number of halogens is 2. The molecule has 1 saturated heterocycles. The van der Waals surface area contributed by atoms with Gasteiger partial charge in [-0.15, -0.1) is 0 Å². The van der Waals surface area contributed by atoms with Crippen molar-refractivity contribution >= 4 is 11.9 Å². The zero-order valence-corrected chi connectivity index (χ0v) is 10.8. The van der Waals surface area contributed by atoms with Crippen molar-refractivity contribution in [1.29, 1.82) is 0 Å². The lowest BCUT2D eigenvalue weighted by Crippen LogP contribution is -2.42. The molecule has 6 heteroatoms. The molecule has 1 aromatic rings. The zero-order chi connectivity index (χ0) is 14.0. The van der Waals surface area contributed by atoms with Gasteiger partial charge in [0.05, 0.1) is 5.56 Å². The van der Waals surface area contributed by atoms with Crippen LogP contribution in [0.1, 0.15) is 25.8 Å². The van der Waals surface area contributed by atoms with Gasteiger partial charge in [-0.3, -0.25) is 15.1 Å². The molecule has 0 aromatic heterocycles. The summed E-state index contributed by atoms with van der Waals surface area (Å²) in [5.74, 6) is -1.80. The van der Waals surface area contributed by atoms with E-state index < -0.39 is 23.1 Å². The van der Waals surface area contributed by atoms with E-state index in [-0.39, 0.29) is 11.5 Å². The molecule has 1 fully saturated rings. The van der Waals surface area contributed by atoms with Gasteiger partial charge in [0.25, 0.3) is 5.91 Å². The lowest BCUT2D eigenvalue weighted by molar-refractivity contribution is -0.123. The van der Waals surface area contributed by atoms with Crippen molar-refractivity contribution in [3.63, 3.8) is 0 Å². The summed E-state index contributed by atoms with van der Waals surface area (Å²) >= 11 is 0. The maximum atomic E-state index is 13.8. The molecule has 1 heterocycles. The van der Waals surface area contributed by atoms with Gasteiger partial charge in [0.2, 0.25) is 0 Å². The van der Waals surface area contributed by atoms with Crippen LogP contribution in [0.3, 0.4) is 0 Å². The Hall–Kier alpha value is -1.98. The van der Waals surface area contributed by atoms with Crippen LogP contribution >= 0.6 is 0 Å². The highest BCUT2D eigenvalue weighted by atomic mass is 19.1. The molecule has 102 valence electrons. The van der Waals surface area contributed by atoms with Crippen LogP contribution in [-0.2, 0) is 10.3 Å². The number of hydrogen-bond donors (Lipinski definition) is 2. The van der Waals surface area contributed by atoms with Crippen LogP contribution in [0.15, 0.2) is 23.2 Å². The molecule has 19 heavy (non-hydrogen) atoms. The maximum Gasteiger partial charge on any atom is 0.257 e. The minimum atomic E-state index is -1.48. The van der Waals surface area contributed by atoms with E-state index in [4.69, 9.17) is 0 Å². The quantitative estimate of drug-likeness (QED) is 0.875. The summed E-state index contributed by atoms with van der Waals surface area (Å²) in [5, 5.41) is 5.26. The van der Waals surface area contributed by atoms with Crippen LogP contribution in [0.25, 0.3) is 0 Å². The fourth-order valence-corrected chi connectivity index (χ4v) is 2.01. The molecular weight excluding hydrogens is 252 g/mol. The molecule has 0 spiro atoms. The number of benzene rings is 1. The third-order valence-electron chi connectivity index (χ3n) is 3.01. The first kappa shape index (κ1) is 13.5. The second-order valence-electron chi connectivity index (χ2n) is 4.53. The van der Waals surface area contributed by atoms with Crippen molar-refractivity contribution in [3.8, 4) is 0 Å². The Balaban J connectivity index is 2.41. The largest absolute Gasteiger partial charge is 0.338 e.